The number of anilines is 1. The topological polar surface area (TPSA) is 71.4 Å². The van der Waals surface area contributed by atoms with Crippen LogP contribution in [0.4, 0.5) is 10.5 Å². The molecular formula is C27H27N3O3. The number of carbonyl (C=O) groups excluding carboxylic acids is 3. The van der Waals surface area contributed by atoms with Gasteiger partial charge in [0, 0.05) is 18.4 Å². The molecular weight excluding hydrogens is 414 g/mol. The molecule has 2 aromatic carbocycles. The molecule has 4 amide bonds. The Morgan fingerprint density at radius 2 is 1.76 bits per heavy atom. The Bertz CT molecular complexity index is 1240. The van der Waals surface area contributed by atoms with Crippen molar-refractivity contribution < 1.29 is 14.4 Å². The van der Waals surface area contributed by atoms with Gasteiger partial charge in [-0.15, -0.1) is 0 Å². The summed E-state index contributed by atoms with van der Waals surface area (Å²) in [4.78, 5) is 39.3. The van der Waals surface area contributed by atoms with Crippen LogP contribution in [0.15, 0.2) is 72.4 Å². The van der Waals surface area contributed by atoms with E-state index in [1.165, 1.54) is 0 Å². The predicted molar refractivity (Wildman–Crippen MR) is 129 cm³/mol. The maximum Gasteiger partial charge on any atom is 0.335 e. The van der Waals surface area contributed by atoms with E-state index in [1.807, 2.05) is 60.2 Å². The average Bonchev–Trinajstić information content (AvgIpc) is 3.23. The fourth-order valence-electron chi connectivity index (χ4n) is 3.94. The number of benzene rings is 2. The number of aromatic nitrogens is 1. The van der Waals surface area contributed by atoms with Gasteiger partial charge in [0.25, 0.3) is 11.8 Å². The standard InChI is InChI=1S/C27H27N3O3/c1-4-19(3)21-10-12-22(13-11-21)30-26(32)24(25(31)28-27(30)33)16-23-9-6-14-29(23)17-20-8-5-7-18(2)15-20/h5-16,19H,4,17H2,1-3H3,(H,28,31,33)/b24-16+/t19-/m0/s1. The zero-order valence-corrected chi connectivity index (χ0v) is 19.0. The highest BCUT2D eigenvalue weighted by Gasteiger charge is 2.37. The van der Waals surface area contributed by atoms with E-state index in [2.05, 4.69) is 25.2 Å². The Morgan fingerprint density at radius 3 is 2.45 bits per heavy atom. The third-order valence-electron chi connectivity index (χ3n) is 6.03. The van der Waals surface area contributed by atoms with Crippen molar-refractivity contribution >= 4 is 29.6 Å². The molecule has 4 rings (SSSR count). The van der Waals surface area contributed by atoms with Gasteiger partial charge < -0.3 is 4.57 Å². The molecule has 2 heterocycles. The molecule has 0 spiro atoms. The lowest BCUT2D eigenvalue weighted by Crippen LogP contribution is -2.54. The van der Waals surface area contributed by atoms with Gasteiger partial charge in [0.05, 0.1) is 5.69 Å². The van der Waals surface area contributed by atoms with E-state index in [0.29, 0.717) is 23.8 Å². The molecule has 1 atom stereocenters. The van der Waals surface area contributed by atoms with Gasteiger partial charge in [-0.25, -0.2) is 9.69 Å². The highest BCUT2D eigenvalue weighted by atomic mass is 16.2. The maximum absolute atomic E-state index is 13.2. The van der Waals surface area contributed by atoms with Crippen LogP contribution in [0.1, 0.15) is 48.6 Å². The van der Waals surface area contributed by atoms with E-state index < -0.39 is 17.8 Å². The molecule has 1 saturated heterocycles. The number of amides is 4. The summed E-state index contributed by atoms with van der Waals surface area (Å²) in [5, 5.41) is 2.30. The number of imide groups is 2. The summed E-state index contributed by atoms with van der Waals surface area (Å²) in [7, 11) is 0. The smallest absolute Gasteiger partial charge is 0.335 e. The number of carbonyl (C=O) groups is 3. The first-order valence-electron chi connectivity index (χ1n) is 11.1. The largest absolute Gasteiger partial charge is 0.344 e. The zero-order chi connectivity index (χ0) is 23.5. The Morgan fingerprint density at radius 1 is 1.00 bits per heavy atom. The average molecular weight is 442 g/mol. The number of rotatable bonds is 6. The second-order valence-electron chi connectivity index (χ2n) is 8.41. The number of urea groups is 1. The zero-order valence-electron chi connectivity index (χ0n) is 19.0. The number of hydrogen-bond donors (Lipinski definition) is 1. The fourth-order valence-corrected chi connectivity index (χ4v) is 3.94. The normalized spacial score (nSPS) is 16.3. The highest BCUT2D eigenvalue weighted by molar-refractivity contribution is 6.39. The molecule has 0 unspecified atom stereocenters. The summed E-state index contributed by atoms with van der Waals surface area (Å²) < 4.78 is 1.96. The molecule has 1 N–H and O–H groups in total. The van der Waals surface area contributed by atoms with Crippen LogP contribution in [0, 0.1) is 6.92 Å². The molecule has 0 radical (unpaired) electrons. The molecule has 0 saturated carbocycles. The Balaban J connectivity index is 1.63. The van der Waals surface area contributed by atoms with Crippen molar-refractivity contribution in [2.75, 3.05) is 4.90 Å². The van der Waals surface area contributed by atoms with Gasteiger partial charge in [-0.05, 0) is 60.7 Å². The van der Waals surface area contributed by atoms with Crippen LogP contribution in [0.2, 0.25) is 0 Å². The van der Waals surface area contributed by atoms with E-state index in [1.54, 1.807) is 18.2 Å². The monoisotopic (exact) mass is 441 g/mol. The Kier molecular flexibility index (Phi) is 6.27. The minimum absolute atomic E-state index is 0.0789. The third-order valence-corrected chi connectivity index (χ3v) is 6.03. The summed E-state index contributed by atoms with van der Waals surface area (Å²) in [6.45, 7) is 6.87. The number of hydrogen-bond acceptors (Lipinski definition) is 3. The lowest BCUT2D eigenvalue weighted by atomic mass is 9.98. The summed E-state index contributed by atoms with van der Waals surface area (Å²) >= 11 is 0. The van der Waals surface area contributed by atoms with Crippen LogP contribution in [0.25, 0.3) is 6.08 Å². The van der Waals surface area contributed by atoms with E-state index in [0.717, 1.165) is 28.0 Å². The van der Waals surface area contributed by atoms with Crippen molar-refractivity contribution in [2.24, 2.45) is 0 Å². The van der Waals surface area contributed by atoms with Crippen molar-refractivity contribution in [2.45, 2.75) is 39.7 Å². The summed E-state index contributed by atoms with van der Waals surface area (Å²) in [5.41, 5.74) is 4.46. The first-order chi connectivity index (χ1) is 15.9. The number of nitrogens with one attached hydrogen (secondary N) is 1. The fraction of sp³-hybridized carbons (Fsp3) is 0.222. The molecule has 0 bridgehead atoms. The second-order valence-corrected chi connectivity index (χ2v) is 8.41. The van der Waals surface area contributed by atoms with Crippen molar-refractivity contribution in [3.8, 4) is 0 Å². The van der Waals surface area contributed by atoms with Crippen molar-refractivity contribution in [1.29, 1.82) is 0 Å². The van der Waals surface area contributed by atoms with Crippen molar-refractivity contribution in [1.82, 2.24) is 9.88 Å². The van der Waals surface area contributed by atoms with Gasteiger partial charge in [0.1, 0.15) is 5.57 Å². The molecule has 6 nitrogen and oxygen atoms in total. The summed E-state index contributed by atoms with van der Waals surface area (Å²) in [6, 6.07) is 18.4. The van der Waals surface area contributed by atoms with Gasteiger partial charge in [-0.2, -0.15) is 0 Å². The van der Waals surface area contributed by atoms with E-state index >= 15 is 0 Å². The van der Waals surface area contributed by atoms with Gasteiger partial charge in [-0.3, -0.25) is 14.9 Å². The quantitative estimate of drug-likeness (QED) is 0.431. The van der Waals surface area contributed by atoms with Crippen LogP contribution in [-0.4, -0.2) is 22.4 Å². The number of aryl methyl sites for hydroxylation is 1. The minimum atomic E-state index is -0.742. The number of nitrogens with zero attached hydrogens (tertiary/aromatic N) is 2. The highest BCUT2D eigenvalue weighted by Crippen LogP contribution is 2.26. The lowest BCUT2D eigenvalue weighted by molar-refractivity contribution is -0.122. The van der Waals surface area contributed by atoms with Crippen LogP contribution < -0.4 is 10.2 Å². The van der Waals surface area contributed by atoms with E-state index in [-0.39, 0.29) is 5.57 Å². The first kappa shape index (κ1) is 22.3. The van der Waals surface area contributed by atoms with Gasteiger partial charge in [0.15, 0.2) is 0 Å². The Labute approximate surface area is 193 Å². The van der Waals surface area contributed by atoms with Crippen molar-refractivity contribution in [3.63, 3.8) is 0 Å². The molecule has 1 aromatic heterocycles. The van der Waals surface area contributed by atoms with Crippen LogP contribution in [-0.2, 0) is 16.1 Å². The van der Waals surface area contributed by atoms with Gasteiger partial charge in [-0.1, -0.05) is 55.8 Å². The molecule has 6 heteroatoms. The first-order valence-corrected chi connectivity index (χ1v) is 11.1. The van der Waals surface area contributed by atoms with Gasteiger partial charge in [0.2, 0.25) is 0 Å². The molecule has 33 heavy (non-hydrogen) atoms. The van der Waals surface area contributed by atoms with Gasteiger partial charge >= 0.3 is 6.03 Å². The molecule has 1 aliphatic heterocycles. The minimum Gasteiger partial charge on any atom is -0.344 e. The summed E-state index contributed by atoms with van der Waals surface area (Å²) in [5.74, 6) is -0.952. The predicted octanol–water partition coefficient (Wildman–Crippen LogP) is 5.02. The third kappa shape index (κ3) is 4.65. The lowest BCUT2D eigenvalue weighted by Gasteiger charge is -2.26. The maximum atomic E-state index is 13.2. The van der Waals surface area contributed by atoms with Crippen LogP contribution >= 0.6 is 0 Å². The van der Waals surface area contributed by atoms with E-state index in [4.69, 9.17) is 0 Å². The SMILES string of the molecule is CC[C@H](C)c1ccc(N2C(=O)NC(=O)/C(=C\c3cccn3Cc3cccc(C)c3)C2=O)cc1. The summed E-state index contributed by atoms with van der Waals surface area (Å²) in [6.07, 6.45) is 4.43. The van der Waals surface area contributed by atoms with E-state index in [9.17, 15) is 14.4 Å². The van der Waals surface area contributed by atoms with Crippen LogP contribution in [0.3, 0.4) is 0 Å². The van der Waals surface area contributed by atoms with Crippen LogP contribution in [0.5, 0.6) is 0 Å². The second kappa shape index (κ2) is 9.28. The molecule has 1 fully saturated rings. The molecule has 1 aliphatic rings. The molecule has 3 aromatic rings. The molecule has 0 aliphatic carbocycles. The molecule has 168 valence electrons. The van der Waals surface area contributed by atoms with Crippen molar-refractivity contribution in [3.05, 3.63) is 94.8 Å². The number of barbiturate groups is 1. The Hall–Kier alpha value is -3.93.